The number of allylic oxidation sites excluding steroid dienone is 1. The first-order chi connectivity index (χ1) is 10.7. The molecule has 14 heteroatoms. The van der Waals surface area contributed by atoms with Crippen molar-refractivity contribution in [1.82, 2.24) is 0 Å². The van der Waals surface area contributed by atoms with Gasteiger partial charge >= 0.3 is 41.7 Å². The molecule has 0 bridgehead atoms. The van der Waals surface area contributed by atoms with Crippen molar-refractivity contribution >= 4 is 5.97 Å². The van der Waals surface area contributed by atoms with Gasteiger partial charge in [-0.2, -0.15) is 52.7 Å². The lowest BCUT2D eigenvalue weighted by molar-refractivity contribution is -0.449. The van der Waals surface area contributed by atoms with E-state index < -0.39 is 48.6 Å². The summed E-state index contributed by atoms with van der Waals surface area (Å²) in [6, 6.07) is 0. The van der Waals surface area contributed by atoms with Gasteiger partial charge in [0, 0.05) is 13.0 Å². The predicted molar refractivity (Wildman–Crippen MR) is 56.3 cm³/mol. The summed E-state index contributed by atoms with van der Waals surface area (Å²) >= 11 is 0. The van der Waals surface area contributed by atoms with Crippen LogP contribution in [0, 0.1) is 0 Å². The van der Waals surface area contributed by atoms with E-state index in [1.54, 1.807) is 0 Å². The lowest BCUT2D eigenvalue weighted by atomic mass is 9.94. The average Bonchev–Trinajstić information content (AvgIpc) is 2.35. The first-order valence-electron chi connectivity index (χ1n) is 5.83. The first kappa shape index (κ1) is 23.4. The van der Waals surface area contributed by atoms with Crippen LogP contribution < -0.4 is 0 Å². The SMILES string of the molecule is C/C=C/C(=O)OC(F)(F)C(F)(F)C(F)(F)C(F)(F)C(F)(F)C(C)(F)F. The molecule has 0 aromatic rings. The number of halogens is 12. The van der Waals surface area contributed by atoms with Crippen LogP contribution in [0.2, 0.25) is 0 Å². The molecule has 2 nitrogen and oxygen atoms in total. The van der Waals surface area contributed by atoms with Gasteiger partial charge in [0.25, 0.3) is 0 Å². The zero-order valence-corrected chi connectivity index (χ0v) is 12.0. The molecule has 0 aromatic heterocycles. The Labute approximate surface area is 131 Å². The van der Waals surface area contributed by atoms with Crippen LogP contribution in [0.25, 0.3) is 0 Å². The van der Waals surface area contributed by atoms with Crippen LogP contribution in [-0.4, -0.2) is 41.7 Å². The minimum absolute atomic E-state index is 0.0188. The number of carbonyl (C=O) groups is 1. The van der Waals surface area contributed by atoms with E-state index in [1.807, 2.05) is 0 Å². The Morgan fingerprint density at radius 2 is 1.08 bits per heavy atom. The van der Waals surface area contributed by atoms with Crippen LogP contribution in [-0.2, 0) is 9.53 Å². The van der Waals surface area contributed by atoms with E-state index in [-0.39, 0.29) is 6.08 Å². The van der Waals surface area contributed by atoms with E-state index in [0.717, 1.165) is 6.92 Å². The van der Waals surface area contributed by atoms with Gasteiger partial charge in [-0.3, -0.25) is 0 Å². The zero-order chi connectivity index (χ0) is 20.7. The fourth-order valence-electron chi connectivity index (χ4n) is 1.21. The Hall–Kier alpha value is -1.63. The summed E-state index contributed by atoms with van der Waals surface area (Å²) in [6.07, 6.45) is -6.17. The van der Waals surface area contributed by atoms with Crippen LogP contribution in [0.5, 0.6) is 0 Å². The number of esters is 1. The Bertz CT molecular complexity index is 532. The zero-order valence-electron chi connectivity index (χ0n) is 12.0. The van der Waals surface area contributed by atoms with E-state index in [1.165, 1.54) is 0 Å². The molecule has 0 aliphatic heterocycles. The van der Waals surface area contributed by atoms with Crippen molar-refractivity contribution in [3.05, 3.63) is 12.2 Å². The van der Waals surface area contributed by atoms with Crippen LogP contribution in [0.1, 0.15) is 13.8 Å². The minimum Gasteiger partial charge on any atom is -0.393 e. The number of hydrogen-bond acceptors (Lipinski definition) is 2. The maximum absolute atomic E-state index is 13.1. The molecule has 0 heterocycles. The molecular formula is C11H8F12O2. The van der Waals surface area contributed by atoms with E-state index in [9.17, 15) is 57.5 Å². The number of hydrogen-bond donors (Lipinski definition) is 0. The van der Waals surface area contributed by atoms with Gasteiger partial charge in [0.2, 0.25) is 0 Å². The van der Waals surface area contributed by atoms with Crippen LogP contribution in [0.3, 0.4) is 0 Å². The van der Waals surface area contributed by atoms with Crippen molar-refractivity contribution in [3.8, 4) is 0 Å². The molecule has 0 unspecified atom stereocenters. The Morgan fingerprint density at radius 1 is 0.720 bits per heavy atom. The highest BCUT2D eigenvalue weighted by atomic mass is 19.4. The Kier molecular flexibility index (Phi) is 5.86. The van der Waals surface area contributed by atoms with Gasteiger partial charge in [-0.05, 0) is 6.92 Å². The van der Waals surface area contributed by atoms with Crippen LogP contribution in [0.4, 0.5) is 52.7 Å². The maximum Gasteiger partial charge on any atom is 0.473 e. The predicted octanol–water partition coefficient (Wildman–Crippen LogP) is 4.89. The number of ether oxygens (including phenoxy) is 1. The quantitative estimate of drug-likeness (QED) is 0.346. The van der Waals surface area contributed by atoms with Gasteiger partial charge in [0.1, 0.15) is 0 Å². The molecule has 0 aromatic carbocycles. The third-order valence-electron chi connectivity index (χ3n) is 2.63. The largest absolute Gasteiger partial charge is 0.473 e. The molecule has 0 N–H and O–H groups in total. The first-order valence-corrected chi connectivity index (χ1v) is 5.83. The van der Waals surface area contributed by atoms with Crippen molar-refractivity contribution < 1.29 is 62.2 Å². The molecule has 0 rings (SSSR count). The fourth-order valence-corrected chi connectivity index (χ4v) is 1.21. The summed E-state index contributed by atoms with van der Waals surface area (Å²) in [4.78, 5) is 10.6. The van der Waals surface area contributed by atoms with Crippen LogP contribution >= 0.6 is 0 Å². The molecule has 0 saturated heterocycles. The second-order valence-corrected chi connectivity index (χ2v) is 4.62. The number of alkyl halides is 12. The average molecular weight is 400 g/mol. The van der Waals surface area contributed by atoms with Gasteiger partial charge in [-0.25, -0.2) is 4.79 Å². The van der Waals surface area contributed by atoms with Crippen LogP contribution in [0.15, 0.2) is 12.2 Å². The highest BCUT2D eigenvalue weighted by molar-refractivity contribution is 5.82. The Balaban J connectivity index is 6.16. The number of rotatable bonds is 7. The van der Waals surface area contributed by atoms with Crippen molar-refractivity contribution in [3.63, 3.8) is 0 Å². The highest BCUT2D eigenvalue weighted by Crippen LogP contribution is 2.60. The molecule has 0 fully saturated rings. The minimum atomic E-state index is -7.75. The van der Waals surface area contributed by atoms with Gasteiger partial charge < -0.3 is 4.74 Å². The lowest BCUT2D eigenvalue weighted by Gasteiger charge is -2.39. The molecule has 148 valence electrons. The number of carbonyl (C=O) groups excluding carboxylic acids is 1. The van der Waals surface area contributed by atoms with Gasteiger partial charge in [-0.15, -0.1) is 0 Å². The molecule has 25 heavy (non-hydrogen) atoms. The fraction of sp³-hybridized carbons (Fsp3) is 0.727. The summed E-state index contributed by atoms with van der Waals surface area (Å²) in [5.74, 6) is -38.4. The van der Waals surface area contributed by atoms with Gasteiger partial charge in [0.05, 0.1) is 0 Å². The molecule has 0 aliphatic carbocycles. The van der Waals surface area contributed by atoms with Crippen molar-refractivity contribution in [2.24, 2.45) is 0 Å². The van der Waals surface area contributed by atoms with Crippen molar-refractivity contribution in [2.45, 2.75) is 49.6 Å². The smallest absolute Gasteiger partial charge is 0.393 e. The molecule has 0 aliphatic rings. The maximum atomic E-state index is 13.1. The van der Waals surface area contributed by atoms with E-state index in [2.05, 4.69) is 4.74 Å². The lowest BCUT2D eigenvalue weighted by Crippen LogP contribution is -2.70. The molecular weight excluding hydrogens is 392 g/mol. The van der Waals surface area contributed by atoms with Gasteiger partial charge in [0.15, 0.2) is 0 Å². The summed E-state index contributed by atoms with van der Waals surface area (Å²) in [6.45, 7) is -0.0659. The van der Waals surface area contributed by atoms with E-state index in [0.29, 0.717) is 6.08 Å². The highest BCUT2D eigenvalue weighted by Gasteiger charge is 2.90. The second kappa shape index (κ2) is 6.27. The molecule has 0 saturated carbocycles. The van der Waals surface area contributed by atoms with E-state index in [4.69, 9.17) is 0 Å². The molecule has 0 spiro atoms. The Morgan fingerprint density at radius 3 is 1.40 bits per heavy atom. The summed E-state index contributed by atoms with van der Waals surface area (Å²) in [5, 5.41) is 0. The summed E-state index contributed by atoms with van der Waals surface area (Å²) < 4.78 is 158. The normalized spacial score (nSPS) is 15.6. The molecule has 0 amide bonds. The van der Waals surface area contributed by atoms with Gasteiger partial charge in [-0.1, -0.05) is 6.08 Å². The van der Waals surface area contributed by atoms with Crippen molar-refractivity contribution in [1.29, 1.82) is 0 Å². The summed E-state index contributed by atoms with van der Waals surface area (Å²) in [5.41, 5.74) is 0. The monoisotopic (exact) mass is 400 g/mol. The third-order valence-corrected chi connectivity index (χ3v) is 2.63. The van der Waals surface area contributed by atoms with E-state index >= 15 is 0 Å². The molecule has 0 radical (unpaired) electrons. The standard InChI is InChI=1S/C11H8F12O2/c1-3-4-5(24)25-11(22,23)10(20,21)9(18,19)8(16,17)7(14,15)6(2,12)13/h3-4H,1-2H3/b4-3+. The topological polar surface area (TPSA) is 26.3 Å². The van der Waals surface area contributed by atoms with Crippen molar-refractivity contribution in [2.75, 3.05) is 0 Å². The third kappa shape index (κ3) is 3.52. The second-order valence-electron chi connectivity index (χ2n) is 4.62. The summed E-state index contributed by atoms with van der Waals surface area (Å²) in [7, 11) is 0. The molecule has 0 atom stereocenters.